The number of halogens is 2. The van der Waals surface area contributed by atoms with E-state index in [1.54, 1.807) is 18.3 Å². The van der Waals surface area contributed by atoms with Crippen LogP contribution in [-0.2, 0) is 23.3 Å². The van der Waals surface area contributed by atoms with Crippen LogP contribution in [0.5, 0.6) is 0 Å². The van der Waals surface area contributed by atoms with Gasteiger partial charge in [0, 0.05) is 43.3 Å². The number of rotatable bonds is 4. The maximum Gasteiger partial charge on any atom is 0.253 e. The molecule has 2 aliphatic heterocycles. The molecule has 174 valence electrons. The molecule has 1 spiro atoms. The first-order valence-electron chi connectivity index (χ1n) is 11.1. The molecule has 2 aromatic heterocycles. The van der Waals surface area contributed by atoms with Crippen LogP contribution in [0.15, 0.2) is 30.5 Å². The van der Waals surface area contributed by atoms with E-state index in [-0.39, 0.29) is 27.9 Å². The smallest absolute Gasteiger partial charge is 0.253 e. The Morgan fingerprint density at radius 2 is 2.09 bits per heavy atom. The van der Waals surface area contributed by atoms with Crippen molar-refractivity contribution >= 4 is 17.2 Å². The lowest BCUT2D eigenvalue weighted by Gasteiger charge is -2.43. The Morgan fingerprint density at radius 3 is 2.85 bits per heavy atom. The maximum absolute atomic E-state index is 14.7. The van der Waals surface area contributed by atoms with Gasteiger partial charge in [0.2, 0.25) is 0 Å². The van der Waals surface area contributed by atoms with Crippen molar-refractivity contribution in [2.24, 2.45) is 0 Å². The van der Waals surface area contributed by atoms with Crippen LogP contribution in [0.1, 0.15) is 44.9 Å². The number of amides is 1. The normalized spacial score (nSPS) is 17.8. The minimum atomic E-state index is -0.501. The van der Waals surface area contributed by atoms with Crippen molar-refractivity contribution in [3.63, 3.8) is 0 Å². The fraction of sp³-hybridized carbons (Fsp3) is 0.417. The predicted molar refractivity (Wildman–Crippen MR) is 122 cm³/mol. The van der Waals surface area contributed by atoms with Crippen LogP contribution in [0.4, 0.5) is 8.78 Å². The summed E-state index contributed by atoms with van der Waals surface area (Å²) < 4.78 is 36.2. The molecule has 0 radical (unpaired) electrons. The van der Waals surface area contributed by atoms with E-state index in [4.69, 9.17) is 4.74 Å². The minimum Gasteiger partial charge on any atom is -0.369 e. The number of hydrogen-bond donors (Lipinski definition) is 1. The zero-order chi connectivity index (χ0) is 23.2. The fourth-order valence-electron chi connectivity index (χ4n) is 4.90. The van der Waals surface area contributed by atoms with Gasteiger partial charge >= 0.3 is 0 Å². The highest BCUT2D eigenvalue weighted by molar-refractivity contribution is 7.10. The molecule has 33 heavy (non-hydrogen) atoms. The van der Waals surface area contributed by atoms with Crippen molar-refractivity contribution in [3.05, 3.63) is 68.7 Å². The molecule has 2 aliphatic rings. The molecule has 1 saturated heterocycles. The van der Waals surface area contributed by atoms with Crippen LogP contribution < -0.4 is 5.32 Å². The molecular formula is C24H26F2N4O2S. The topological polar surface area (TPSA) is 59.4 Å². The summed E-state index contributed by atoms with van der Waals surface area (Å²) in [5.74, 6) is -0.865. The van der Waals surface area contributed by atoms with Crippen LogP contribution in [0.25, 0.3) is 5.69 Å². The number of carbonyl (C=O) groups is 1. The Bertz CT molecular complexity index is 1200. The Kier molecular flexibility index (Phi) is 5.80. The van der Waals surface area contributed by atoms with Gasteiger partial charge in [-0.05, 0) is 49.9 Å². The number of carbonyl (C=O) groups excluding carboxylic acids is 1. The van der Waals surface area contributed by atoms with Crippen molar-refractivity contribution < 1.29 is 18.3 Å². The van der Waals surface area contributed by atoms with Crippen molar-refractivity contribution in [1.82, 2.24) is 20.0 Å². The number of piperidine rings is 1. The highest BCUT2D eigenvalue weighted by atomic mass is 32.1. The van der Waals surface area contributed by atoms with Gasteiger partial charge in [-0.2, -0.15) is 9.49 Å². The highest BCUT2D eigenvalue weighted by Crippen LogP contribution is 2.45. The third-order valence-corrected chi connectivity index (χ3v) is 7.84. The van der Waals surface area contributed by atoms with E-state index in [0.29, 0.717) is 13.2 Å². The fourth-order valence-corrected chi connectivity index (χ4v) is 6.04. The van der Waals surface area contributed by atoms with Crippen molar-refractivity contribution in [2.75, 3.05) is 26.7 Å². The molecule has 0 aliphatic carbocycles. The van der Waals surface area contributed by atoms with E-state index in [1.165, 1.54) is 35.2 Å². The molecule has 0 bridgehead atoms. The number of hydrogen-bond acceptors (Lipinski definition) is 5. The first kappa shape index (κ1) is 22.2. The minimum absolute atomic E-state index is 0.139. The van der Waals surface area contributed by atoms with Crippen LogP contribution in [-0.4, -0.2) is 47.3 Å². The van der Waals surface area contributed by atoms with E-state index in [0.717, 1.165) is 54.0 Å². The maximum atomic E-state index is 14.7. The first-order chi connectivity index (χ1) is 15.9. The van der Waals surface area contributed by atoms with Crippen LogP contribution in [0.3, 0.4) is 0 Å². The summed E-state index contributed by atoms with van der Waals surface area (Å²) >= 11 is 1.22. The zero-order valence-corrected chi connectivity index (χ0v) is 19.5. The van der Waals surface area contributed by atoms with Crippen molar-refractivity contribution in [3.8, 4) is 5.69 Å². The van der Waals surface area contributed by atoms with Gasteiger partial charge in [-0.15, -0.1) is 11.3 Å². The van der Waals surface area contributed by atoms with Gasteiger partial charge in [-0.3, -0.25) is 9.69 Å². The van der Waals surface area contributed by atoms with Crippen molar-refractivity contribution in [2.45, 2.75) is 38.3 Å². The lowest BCUT2D eigenvalue weighted by atomic mass is 9.85. The van der Waals surface area contributed by atoms with E-state index in [9.17, 15) is 13.6 Å². The predicted octanol–water partition coefficient (Wildman–Crippen LogP) is 3.94. The van der Waals surface area contributed by atoms with Gasteiger partial charge < -0.3 is 10.1 Å². The molecular weight excluding hydrogens is 446 g/mol. The molecule has 5 rings (SSSR count). The number of nitrogens with zero attached hydrogens (tertiary/aromatic N) is 3. The number of aromatic nitrogens is 2. The molecule has 0 saturated carbocycles. The second-order valence-electron chi connectivity index (χ2n) is 8.67. The summed E-state index contributed by atoms with van der Waals surface area (Å²) in [5.41, 5.74) is 2.86. The number of ether oxygens (including phenoxy) is 1. The Hall–Kier alpha value is -2.62. The molecule has 6 nitrogen and oxygen atoms in total. The molecule has 3 aromatic rings. The van der Waals surface area contributed by atoms with Crippen LogP contribution in [0, 0.1) is 17.9 Å². The number of para-hydroxylation sites is 1. The highest BCUT2D eigenvalue weighted by Gasteiger charge is 2.42. The molecule has 1 N–H and O–H groups in total. The number of nitrogens with one attached hydrogen (secondary N) is 1. The number of benzene rings is 1. The lowest BCUT2D eigenvalue weighted by Crippen LogP contribution is -2.45. The molecule has 4 heterocycles. The van der Waals surface area contributed by atoms with Gasteiger partial charge in [-0.25, -0.2) is 9.07 Å². The first-order valence-corrected chi connectivity index (χ1v) is 11.9. The average molecular weight is 473 g/mol. The molecule has 0 unspecified atom stereocenters. The quantitative estimate of drug-likeness (QED) is 0.625. The van der Waals surface area contributed by atoms with Crippen molar-refractivity contribution in [1.29, 1.82) is 0 Å². The SMILES string of the molecule is CNC(=O)c1cccc(F)c1-n1cc(CN2CCC3(CC2)OCCc2cc(F)sc23)c(C)n1. The van der Waals surface area contributed by atoms with Gasteiger partial charge in [0.15, 0.2) is 5.13 Å². The number of thiophene rings is 1. The second kappa shape index (κ2) is 8.62. The summed E-state index contributed by atoms with van der Waals surface area (Å²) in [5, 5.41) is 6.92. The van der Waals surface area contributed by atoms with E-state index in [1.807, 2.05) is 6.92 Å². The summed E-state index contributed by atoms with van der Waals surface area (Å²) in [6.45, 7) is 4.81. The lowest BCUT2D eigenvalue weighted by molar-refractivity contribution is -0.0960. The van der Waals surface area contributed by atoms with E-state index < -0.39 is 5.82 Å². The molecule has 1 aromatic carbocycles. The van der Waals surface area contributed by atoms with Gasteiger partial charge in [0.1, 0.15) is 17.1 Å². The second-order valence-corrected chi connectivity index (χ2v) is 9.68. The van der Waals surface area contributed by atoms with E-state index in [2.05, 4.69) is 15.3 Å². The monoisotopic (exact) mass is 472 g/mol. The summed E-state index contributed by atoms with van der Waals surface area (Å²) in [6.07, 6.45) is 4.19. The Balaban J connectivity index is 1.34. The van der Waals surface area contributed by atoms with Gasteiger partial charge in [-0.1, -0.05) is 6.07 Å². The summed E-state index contributed by atoms with van der Waals surface area (Å²) in [7, 11) is 1.52. The third-order valence-electron chi connectivity index (χ3n) is 6.69. The third kappa shape index (κ3) is 3.98. The molecule has 9 heteroatoms. The summed E-state index contributed by atoms with van der Waals surface area (Å²) in [6, 6.07) is 6.09. The van der Waals surface area contributed by atoms with Gasteiger partial charge in [0.05, 0.1) is 17.9 Å². The molecule has 0 atom stereocenters. The van der Waals surface area contributed by atoms with Crippen LogP contribution in [0.2, 0.25) is 0 Å². The number of aryl methyl sites for hydroxylation is 1. The standard InChI is InChI=1S/C24H26F2N4O2S/c1-15-17(14-30(28-15)21-18(23(31)27-2)4-3-5-19(21)25)13-29-9-7-24(8-10-29)22-16(6-11-32-24)12-20(26)33-22/h3-5,12,14H,6-11,13H2,1-2H3,(H,27,31). The zero-order valence-electron chi connectivity index (χ0n) is 18.7. The molecule has 1 amide bonds. The summed E-state index contributed by atoms with van der Waals surface area (Å²) in [4.78, 5) is 15.6. The number of likely N-dealkylation sites (tertiary alicyclic amines) is 1. The average Bonchev–Trinajstić information content (AvgIpc) is 3.37. The van der Waals surface area contributed by atoms with Crippen LogP contribution >= 0.6 is 11.3 Å². The Morgan fingerprint density at radius 1 is 1.30 bits per heavy atom. The van der Waals surface area contributed by atoms with Gasteiger partial charge in [0.25, 0.3) is 5.91 Å². The van der Waals surface area contributed by atoms with E-state index >= 15 is 0 Å². The Labute approximate surface area is 195 Å². The molecule has 1 fully saturated rings. The largest absolute Gasteiger partial charge is 0.369 e. The number of fused-ring (bicyclic) bond motifs is 2.